The highest BCUT2D eigenvalue weighted by atomic mass is 32.2. The molecule has 2 aliphatic rings. The number of hydrazone groups is 1. The molecule has 6 nitrogen and oxygen atoms in total. The number of hydrogen-bond acceptors (Lipinski definition) is 7. The minimum absolute atomic E-state index is 0.202. The summed E-state index contributed by atoms with van der Waals surface area (Å²) >= 11 is 1.56. The summed E-state index contributed by atoms with van der Waals surface area (Å²) in [4.78, 5) is 6.83. The molecule has 0 amide bonds. The van der Waals surface area contributed by atoms with Crippen LogP contribution in [0.4, 0.5) is 0 Å². The van der Waals surface area contributed by atoms with E-state index in [2.05, 4.69) is 21.5 Å². The van der Waals surface area contributed by atoms with Crippen molar-refractivity contribution < 1.29 is 9.47 Å². The first-order chi connectivity index (χ1) is 10.3. The van der Waals surface area contributed by atoms with Gasteiger partial charge in [0.2, 0.25) is 6.35 Å². The highest BCUT2D eigenvalue weighted by Gasteiger charge is 2.33. The number of pyridine rings is 1. The van der Waals surface area contributed by atoms with Crippen LogP contribution in [-0.2, 0) is 11.3 Å². The molecular formula is C14H14N4O2S. The smallest absolute Gasteiger partial charge is 0.224 e. The van der Waals surface area contributed by atoms with Crippen molar-refractivity contribution in [2.45, 2.75) is 17.9 Å². The van der Waals surface area contributed by atoms with Crippen molar-refractivity contribution in [2.24, 2.45) is 5.10 Å². The molecule has 1 aromatic carbocycles. The number of thioether (sulfide) groups is 1. The third kappa shape index (κ3) is 2.00. The fraction of sp³-hybridized carbons (Fsp3) is 0.286. The van der Waals surface area contributed by atoms with Gasteiger partial charge in [-0.25, -0.2) is 4.98 Å². The van der Waals surface area contributed by atoms with Gasteiger partial charge in [0.15, 0.2) is 5.17 Å². The van der Waals surface area contributed by atoms with E-state index in [-0.39, 0.29) is 6.35 Å². The van der Waals surface area contributed by atoms with Gasteiger partial charge in [-0.1, -0.05) is 0 Å². The van der Waals surface area contributed by atoms with Crippen molar-refractivity contribution >= 4 is 27.8 Å². The van der Waals surface area contributed by atoms with Crippen molar-refractivity contribution in [2.75, 3.05) is 14.2 Å². The van der Waals surface area contributed by atoms with Crippen LogP contribution in [0.15, 0.2) is 34.4 Å². The fourth-order valence-electron chi connectivity index (χ4n) is 2.53. The zero-order valence-corrected chi connectivity index (χ0v) is 12.5. The standard InChI is InChI=1S/C14H14N4O2S/c1-19-10-4-3-8-5-9-7-18-13(20-2)16-17-14(18)21-12(9)15-11(8)6-10/h3-6,13,16H,7H2,1-2H3/t13-/m1/s1. The molecule has 0 unspecified atom stereocenters. The molecule has 3 heterocycles. The van der Waals surface area contributed by atoms with Gasteiger partial charge in [-0.15, -0.1) is 0 Å². The van der Waals surface area contributed by atoms with Gasteiger partial charge in [0, 0.05) is 24.1 Å². The number of hydrogen-bond donors (Lipinski definition) is 1. The van der Waals surface area contributed by atoms with E-state index in [1.807, 2.05) is 18.2 Å². The molecular weight excluding hydrogens is 288 g/mol. The molecule has 0 aliphatic carbocycles. The molecule has 0 fully saturated rings. The average Bonchev–Trinajstić information content (AvgIpc) is 2.91. The first-order valence-corrected chi connectivity index (χ1v) is 7.38. The number of ether oxygens (including phenoxy) is 2. The Morgan fingerprint density at radius 3 is 3.05 bits per heavy atom. The molecule has 108 valence electrons. The SMILES string of the molecule is COc1ccc2cc3c(nc2c1)SC1=NN[C@@H](OC)N1C3. The third-order valence-corrected chi connectivity index (χ3v) is 4.67. The molecule has 21 heavy (non-hydrogen) atoms. The van der Waals surface area contributed by atoms with Crippen LogP contribution in [0.1, 0.15) is 5.56 Å². The van der Waals surface area contributed by atoms with Gasteiger partial charge in [-0.05, 0) is 30.0 Å². The van der Waals surface area contributed by atoms with Gasteiger partial charge in [0.1, 0.15) is 10.8 Å². The zero-order chi connectivity index (χ0) is 14.4. The van der Waals surface area contributed by atoms with Crippen LogP contribution in [0.3, 0.4) is 0 Å². The van der Waals surface area contributed by atoms with Crippen LogP contribution >= 0.6 is 11.8 Å². The van der Waals surface area contributed by atoms with Crippen molar-refractivity contribution in [3.63, 3.8) is 0 Å². The Bertz CT molecular complexity index is 749. The number of amidine groups is 1. The topological polar surface area (TPSA) is 59.0 Å². The predicted molar refractivity (Wildman–Crippen MR) is 81.1 cm³/mol. The molecule has 0 bridgehead atoms. The summed E-state index contributed by atoms with van der Waals surface area (Å²) in [5, 5.41) is 7.28. The zero-order valence-electron chi connectivity index (χ0n) is 11.7. The minimum atomic E-state index is -0.202. The monoisotopic (exact) mass is 302 g/mol. The first-order valence-electron chi connectivity index (χ1n) is 6.56. The fourth-order valence-corrected chi connectivity index (χ4v) is 3.48. The number of nitrogens with zero attached hydrogens (tertiary/aromatic N) is 3. The first kappa shape index (κ1) is 12.7. The maximum atomic E-state index is 5.36. The van der Waals surface area contributed by atoms with Gasteiger partial charge in [0.25, 0.3) is 0 Å². The van der Waals surface area contributed by atoms with Gasteiger partial charge in [-0.3, -0.25) is 5.43 Å². The van der Waals surface area contributed by atoms with Crippen molar-refractivity contribution in [1.29, 1.82) is 0 Å². The summed E-state index contributed by atoms with van der Waals surface area (Å²) in [5.74, 6) is 0.816. The number of aromatic nitrogens is 1. The number of methoxy groups -OCH3 is 2. The normalized spacial score (nSPS) is 19.8. The summed E-state index contributed by atoms with van der Waals surface area (Å²) in [6.07, 6.45) is -0.202. The lowest BCUT2D eigenvalue weighted by atomic mass is 10.1. The van der Waals surface area contributed by atoms with Crippen molar-refractivity contribution in [3.05, 3.63) is 29.8 Å². The number of benzene rings is 1. The molecule has 7 heteroatoms. The second kappa shape index (κ2) is 4.78. The lowest BCUT2D eigenvalue weighted by Crippen LogP contribution is -2.41. The van der Waals surface area contributed by atoms with Crippen LogP contribution in [0.2, 0.25) is 0 Å². The number of rotatable bonds is 2. The Morgan fingerprint density at radius 1 is 1.33 bits per heavy atom. The number of fused-ring (bicyclic) bond motifs is 3. The van der Waals surface area contributed by atoms with E-state index in [0.29, 0.717) is 0 Å². The maximum absolute atomic E-state index is 5.36. The van der Waals surface area contributed by atoms with E-state index in [0.717, 1.165) is 33.4 Å². The number of nitrogens with one attached hydrogen (secondary N) is 1. The van der Waals surface area contributed by atoms with Crippen molar-refractivity contribution in [3.8, 4) is 5.75 Å². The summed E-state index contributed by atoms with van der Waals surface area (Å²) in [5.41, 5.74) is 5.08. The van der Waals surface area contributed by atoms with E-state index in [1.54, 1.807) is 26.0 Å². The summed E-state index contributed by atoms with van der Waals surface area (Å²) in [7, 11) is 3.33. The van der Waals surface area contributed by atoms with E-state index < -0.39 is 0 Å². The maximum Gasteiger partial charge on any atom is 0.224 e. The van der Waals surface area contributed by atoms with E-state index in [1.165, 1.54) is 5.56 Å². The van der Waals surface area contributed by atoms with Crippen LogP contribution in [0, 0.1) is 0 Å². The molecule has 2 aliphatic heterocycles. The minimum Gasteiger partial charge on any atom is -0.497 e. The lowest BCUT2D eigenvalue weighted by Gasteiger charge is -2.29. The highest BCUT2D eigenvalue weighted by molar-refractivity contribution is 8.13. The molecule has 1 aromatic heterocycles. The molecule has 0 saturated carbocycles. The molecule has 4 rings (SSSR count). The second-order valence-electron chi connectivity index (χ2n) is 4.85. The van der Waals surface area contributed by atoms with Gasteiger partial charge in [-0.2, -0.15) is 5.10 Å². The van der Waals surface area contributed by atoms with Crippen LogP contribution < -0.4 is 10.2 Å². The van der Waals surface area contributed by atoms with Crippen LogP contribution in [0.25, 0.3) is 10.9 Å². The van der Waals surface area contributed by atoms with Crippen LogP contribution in [-0.4, -0.2) is 35.6 Å². The Balaban J connectivity index is 1.78. The van der Waals surface area contributed by atoms with E-state index in [9.17, 15) is 0 Å². The summed E-state index contributed by atoms with van der Waals surface area (Å²) < 4.78 is 10.6. The molecule has 1 N–H and O–H groups in total. The Kier molecular flexibility index (Phi) is 2.90. The van der Waals surface area contributed by atoms with E-state index in [4.69, 9.17) is 14.5 Å². The quantitative estimate of drug-likeness (QED) is 0.915. The van der Waals surface area contributed by atoms with Gasteiger partial charge < -0.3 is 14.4 Å². The van der Waals surface area contributed by atoms with E-state index >= 15 is 0 Å². The molecule has 0 radical (unpaired) electrons. The lowest BCUT2D eigenvalue weighted by molar-refractivity contribution is -0.00660. The highest BCUT2D eigenvalue weighted by Crippen LogP contribution is 2.35. The summed E-state index contributed by atoms with van der Waals surface area (Å²) in [6, 6.07) is 8.11. The molecule has 0 spiro atoms. The Hall–Kier alpha value is -1.99. The predicted octanol–water partition coefficient (Wildman–Crippen LogP) is 1.96. The average molecular weight is 302 g/mol. The van der Waals surface area contributed by atoms with Gasteiger partial charge >= 0.3 is 0 Å². The Morgan fingerprint density at radius 2 is 2.24 bits per heavy atom. The second-order valence-corrected chi connectivity index (χ2v) is 5.81. The third-order valence-electron chi connectivity index (χ3n) is 3.62. The van der Waals surface area contributed by atoms with Gasteiger partial charge in [0.05, 0.1) is 19.2 Å². The molecule has 2 aromatic rings. The Labute approximate surface area is 126 Å². The molecule has 0 saturated heterocycles. The van der Waals surface area contributed by atoms with Crippen molar-refractivity contribution in [1.82, 2.24) is 15.3 Å². The summed E-state index contributed by atoms with van der Waals surface area (Å²) in [6.45, 7) is 0.738. The largest absolute Gasteiger partial charge is 0.497 e. The van der Waals surface area contributed by atoms with Crippen LogP contribution in [0.5, 0.6) is 5.75 Å². The molecule has 1 atom stereocenters.